The molecule has 6 heteroatoms. The lowest BCUT2D eigenvalue weighted by atomic mass is 9.78. The van der Waals surface area contributed by atoms with Crippen LogP contribution in [0.25, 0.3) is 0 Å². The van der Waals surface area contributed by atoms with E-state index < -0.39 is 0 Å². The molecular weight excluding hydrogens is 428 g/mol. The van der Waals surface area contributed by atoms with Crippen LogP contribution in [-0.4, -0.2) is 27.1 Å². The molecule has 0 saturated heterocycles. The van der Waals surface area contributed by atoms with Gasteiger partial charge in [0, 0.05) is 17.7 Å². The Morgan fingerprint density at radius 1 is 0.765 bits per heavy atom. The van der Waals surface area contributed by atoms with Gasteiger partial charge in [0.2, 0.25) is 0 Å². The fraction of sp³-hybridized carbons (Fsp3) is 0.250. The van der Waals surface area contributed by atoms with E-state index in [1.807, 2.05) is 66.7 Å². The van der Waals surface area contributed by atoms with E-state index in [2.05, 4.69) is 10.6 Å². The van der Waals surface area contributed by atoms with E-state index in [0.29, 0.717) is 17.9 Å². The normalized spacial score (nSPS) is 19.2. The summed E-state index contributed by atoms with van der Waals surface area (Å²) in [5.74, 6) is 2.31. The van der Waals surface area contributed by atoms with E-state index in [1.165, 1.54) is 0 Å². The van der Waals surface area contributed by atoms with Crippen LogP contribution in [0.4, 0.5) is 11.4 Å². The number of para-hydroxylation sites is 2. The highest BCUT2D eigenvalue weighted by atomic mass is 16.5. The Kier molecular flexibility index (Phi) is 5.88. The second kappa shape index (κ2) is 9.14. The molecule has 0 spiro atoms. The number of nitrogens with one attached hydrogen (secondary N) is 2. The molecule has 1 aliphatic heterocycles. The van der Waals surface area contributed by atoms with Crippen LogP contribution in [0.5, 0.6) is 17.2 Å². The van der Waals surface area contributed by atoms with Crippen LogP contribution in [0.3, 0.4) is 0 Å². The zero-order valence-corrected chi connectivity index (χ0v) is 19.6. The van der Waals surface area contributed by atoms with Crippen molar-refractivity contribution < 1.29 is 19.0 Å². The van der Waals surface area contributed by atoms with Gasteiger partial charge in [-0.25, -0.2) is 0 Å². The summed E-state index contributed by atoms with van der Waals surface area (Å²) < 4.78 is 16.2. The van der Waals surface area contributed by atoms with Crippen molar-refractivity contribution in [3.05, 3.63) is 89.1 Å². The Morgan fingerprint density at radius 2 is 1.47 bits per heavy atom. The molecule has 34 heavy (non-hydrogen) atoms. The first-order valence-corrected chi connectivity index (χ1v) is 11.4. The number of Topliss-reactive ketones (excluding diaryl/α,β-unsaturated/α-hetero) is 1. The number of methoxy groups -OCH3 is 3. The summed E-state index contributed by atoms with van der Waals surface area (Å²) in [6, 6.07) is 21.6. The molecule has 1 heterocycles. The van der Waals surface area contributed by atoms with Gasteiger partial charge in [0.05, 0.1) is 38.7 Å². The Morgan fingerprint density at radius 3 is 2.18 bits per heavy atom. The van der Waals surface area contributed by atoms with Gasteiger partial charge in [0.1, 0.15) is 5.75 Å². The van der Waals surface area contributed by atoms with Gasteiger partial charge in [-0.1, -0.05) is 30.3 Å². The summed E-state index contributed by atoms with van der Waals surface area (Å²) in [6.07, 6.45) is 1.15. The summed E-state index contributed by atoms with van der Waals surface area (Å²) in [5.41, 5.74) is 5.75. The second-order valence-electron chi connectivity index (χ2n) is 8.56. The third-order valence-electron chi connectivity index (χ3n) is 6.64. The highest BCUT2D eigenvalue weighted by Crippen LogP contribution is 2.45. The number of ketones is 1. The van der Waals surface area contributed by atoms with Crippen LogP contribution in [0.1, 0.15) is 35.9 Å². The van der Waals surface area contributed by atoms with E-state index >= 15 is 0 Å². The quantitative estimate of drug-likeness (QED) is 0.514. The van der Waals surface area contributed by atoms with Gasteiger partial charge in [-0.2, -0.15) is 0 Å². The number of allylic oxidation sites excluding steroid dienone is 1. The van der Waals surface area contributed by atoms with Crippen LogP contribution in [0, 0.1) is 0 Å². The molecule has 1 aliphatic carbocycles. The van der Waals surface area contributed by atoms with Crippen molar-refractivity contribution in [2.75, 3.05) is 32.0 Å². The number of hydrogen-bond acceptors (Lipinski definition) is 6. The zero-order valence-electron chi connectivity index (χ0n) is 19.6. The van der Waals surface area contributed by atoms with Crippen LogP contribution in [0.2, 0.25) is 0 Å². The standard InChI is InChI=1S/C28H28N2O4/c1-32-20-11-8-17(9-12-20)28-27-23(29-21-6-4-5-7-22(21)30-28)14-19(15-24(27)31)18-10-13-25(33-2)26(16-18)34-3/h4-13,16,19,28-30H,14-15H2,1-3H3/t19-,28-/m1/s1. The van der Waals surface area contributed by atoms with E-state index in [4.69, 9.17) is 14.2 Å². The number of carbonyl (C=O) groups is 1. The predicted octanol–water partition coefficient (Wildman–Crippen LogP) is 5.69. The molecule has 6 nitrogen and oxygen atoms in total. The third kappa shape index (κ3) is 3.96. The minimum Gasteiger partial charge on any atom is -0.497 e. The molecule has 0 fully saturated rings. The minimum absolute atomic E-state index is 0.0420. The lowest BCUT2D eigenvalue weighted by molar-refractivity contribution is -0.116. The van der Waals surface area contributed by atoms with Crippen molar-refractivity contribution in [3.63, 3.8) is 0 Å². The molecule has 0 aromatic heterocycles. The van der Waals surface area contributed by atoms with E-state index in [-0.39, 0.29) is 17.7 Å². The molecule has 0 bridgehead atoms. The van der Waals surface area contributed by atoms with Crippen LogP contribution in [0.15, 0.2) is 78.0 Å². The second-order valence-corrected chi connectivity index (χ2v) is 8.56. The smallest absolute Gasteiger partial charge is 0.163 e. The molecule has 2 N–H and O–H groups in total. The Labute approximate surface area is 199 Å². The molecule has 174 valence electrons. The fourth-order valence-electron chi connectivity index (χ4n) is 4.88. The van der Waals surface area contributed by atoms with Crippen LogP contribution < -0.4 is 24.8 Å². The maximum absolute atomic E-state index is 13.7. The van der Waals surface area contributed by atoms with Crippen molar-refractivity contribution in [3.8, 4) is 17.2 Å². The van der Waals surface area contributed by atoms with Crippen molar-refractivity contribution >= 4 is 17.2 Å². The summed E-state index contributed by atoms with van der Waals surface area (Å²) >= 11 is 0. The number of rotatable bonds is 5. The average molecular weight is 457 g/mol. The number of fused-ring (bicyclic) bond motifs is 1. The Bertz CT molecular complexity index is 1250. The molecule has 0 radical (unpaired) electrons. The lowest BCUT2D eigenvalue weighted by Gasteiger charge is -2.30. The summed E-state index contributed by atoms with van der Waals surface area (Å²) in [5, 5.41) is 7.19. The Balaban J connectivity index is 1.56. The molecule has 0 unspecified atom stereocenters. The van der Waals surface area contributed by atoms with E-state index in [1.54, 1.807) is 21.3 Å². The largest absolute Gasteiger partial charge is 0.497 e. The van der Waals surface area contributed by atoms with Gasteiger partial charge in [0.15, 0.2) is 17.3 Å². The molecular formula is C28H28N2O4. The molecule has 2 aliphatic rings. The number of benzene rings is 3. The van der Waals surface area contributed by atoms with Crippen molar-refractivity contribution in [1.82, 2.24) is 0 Å². The summed E-state index contributed by atoms with van der Waals surface area (Å²) in [6.45, 7) is 0. The van der Waals surface area contributed by atoms with Gasteiger partial charge in [-0.3, -0.25) is 4.79 Å². The van der Waals surface area contributed by atoms with Crippen LogP contribution in [-0.2, 0) is 4.79 Å². The number of hydrogen-bond donors (Lipinski definition) is 2. The van der Waals surface area contributed by atoms with Crippen molar-refractivity contribution in [2.45, 2.75) is 24.8 Å². The third-order valence-corrected chi connectivity index (χ3v) is 6.64. The average Bonchev–Trinajstić information content (AvgIpc) is 3.05. The van der Waals surface area contributed by atoms with Crippen molar-refractivity contribution in [1.29, 1.82) is 0 Å². The Hall–Kier alpha value is -3.93. The maximum Gasteiger partial charge on any atom is 0.163 e. The van der Waals surface area contributed by atoms with E-state index in [0.717, 1.165) is 45.9 Å². The monoisotopic (exact) mass is 456 g/mol. The molecule has 0 amide bonds. The predicted molar refractivity (Wildman–Crippen MR) is 133 cm³/mol. The maximum atomic E-state index is 13.7. The van der Waals surface area contributed by atoms with Gasteiger partial charge < -0.3 is 24.8 Å². The number of anilines is 2. The van der Waals surface area contributed by atoms with Crippen molar-refractivity contribution in [2.24, 2.45) is 0 Å². The molecule has 0 saturated carbocycles. The molecule has 5 rings (SSSR count). The zero-order chi connectivity index (χ0) is 23.7. The highest BCUT2D eigenvalue weighted by molar-refractivity contribution is 6.01. The first kappa shape index (κ1) is 21.9. The van der Waals surface area contributed by atoms with Gasteiger partial charge in [-0.05, 0) is 59.9 Å². The SMILES string of the molecule is COc1ccc([C@H]2Nc3ccccc3NC3=C2C(=O)C[C@H](c2ccc(OC)c(OC)c2)C3)cc1. The van der Waals surface area contributed by atoms with E-state index in [9.17, 15) is 4.79 Å². The summed E-state index contributed by atoms with van der Waals surface area (Å²) in [4.78, 5) is 13.7. The number of ether oxygens (including phenoxy) is 3. The summed E-state index contributed by atoms with van der Waals surface area (Å²) in [7, 11) is 4.90. The van der Waals surface area contributed by atoms with Gasteiger partial charge >= 0.3 is 0 Å². The lowest BCUT2D eigenvalue weighted by Crippen LogP contribution is -2.26. The van der Waals surface area contributed by atoms with Gasteiger partial charge in [0.25, 0.3) is 0 Å². The fourth-order valence-corrected chi connectivity index (χ4v) is 4.88. The minimum atomic E-state index is -0.254. The molecule has 3 aromatic rings. The topological polar surface area (TPSA) is 68.8 Å². The van der Waals surface area contributed by atoms with Gasteiger partial charge in [-0.15, -0.1) is 0 Å². The highest BCUT2D eigenvalue weighted by Gasteiger charge is 2.36. The molecule has 2 atom stereocenters. The first-order chi connectivity index (χ1) is 16.6. The first-order valence-electron chi connectivity index (χ1n) is 11.4. The number of carbonyl (C=O) groups excluding carboxylic acids is 1. The van der Waals surface area contributed by atoms with Crippen LogP contribution >= 0.6 is 0 Å². The molecule has 3 aromatic carbocycles.